The first-order valence-corrected chi connectivity index (χ1v) is 12.4. The third-order valence-corrected chi connectivity index (χ3v) is 7.42. The van der Waals surface area contributed by atoms with E-state index in [4.69, 9.17) is 0 Å². The molecule has 0 spiro atoms. The number of nitrogens with one attached hydrogen (secondary N) is 2. The van der Waals surface area contributed by atoms with Crippen molar-refractivity contribution >= 4 is 27.5 Å². The van der Waals surface area contributed by atoms with E-state index in [1.165, 1.54) is 30.4 Å². The van der Waals surface area contributed by atoms with Crippen LogP contribution in [0.4, 0.5) is 5.69 Å². The van der Waals surface area contributed by atoms with Crippen LogP contribution in [0, 0.1) is 0 Å². The Morgan fingerprint density at radius 1 is 1.00 bits per heavy atom. The monoisotopic (exact) mass is 496 g/mol. The maximum atomic E-state index is 12.7. The zero-order valence-electron chi connectivity index (χ0n) is 18.8. The topological polar surface area (TPSA) is 47.6 Å². The van der Waals surface area contributed by atoms with Gasteiger partial charge in [0.25, 0.3) is 5.91 Å². The lowest BCUT2D eigenvalue weighted by Gasteiger charge is -2.35. The van der Waals surface area contributed by atoms with Gasteiger partial charge in [-0.15, -0.1) is 0 Å². The van der Waals surface area contributed by atoms with Crippen LogP contribution in [0.3, 0.4) is 0 Å². The van der Waals surface area contributed by atoms with Crippen LogP contribution in [-0.2, 0) is 11.2 Å². The molecule has 0 saturated carbocycles. The number of carbonyl (C=O) groups excluding carboxylic acids is 1. The molecular weight excluding hydrogens is 464 g/mol. The molecule has 2 aliphatic rings. The van der Waals surface area contributed by atoms with Crippen LogP contribution in [0.25, 0.3) is 0 Å². The number of para-hydroxylation sites is 1. The predicted octanol–water partition coefficient (Wildman–Crippen LogP) is 4.54. The Hall–Kier alpha value is -2.15. The minimum Gasteiger partial charge on any atom is -0.389 e. The number of nitrogens with zero attached hydrogens (tertiary/aromatic N) is 2. The average Bonchev–Trinajstić information content (AvgIpc) is 3.08. The van der Waals surface area contributed by atoms with Crippen molar-refractivity contribution in [3.8, 4) is 0 Å². The van der Waals surface area contributed by atoms with Crippen molar-refractivity contribution in [3.63, 3.8) is 0 Å². The Morgan fingerprint density at radius 2 is 1.78 bits per heavy atom. The smallest absolute Gasteiger partial charge is 0.264 e. The molecule has 1 amide bonds. The molecule has 170 valence electrons. The zero-order chi connectivity index (χ0) is 22.3. The van der Waals surface area contributed by atoms with Crippen LogP contribution in [0.15, 0.2) is 64.8 Å². The summed E-state index contributed by atoms with van der Waals surface area (Å²) in [6.45, 7) is 4.96. The average molecular weight is 497 g/mol. The summed E-state index contributed by atoms with van der Waals surface area (Å²) in [4.78, 5) is 17.8. The molecular formula is C26H33BrN4O. The van der Waals surface area contributed by atoms with E-state index in [0.717, 1.165) is 50.5 Å². The summed E-state index contributed by atoms with van der Waals surface area (Å²) < 4.78 is 0.561. The molecule has 2 aromatic carbocycles. The van der Waals surface area contributed by atoms with Gasteiger partial charge in [-0.1, -0.05) is 42.5 Å². The third kappa shape index (κ3) is 5.61. The highest BCUT2D eigenvalue weighted by atomic mass is 79.9. The van der Waals surface area contributed by atoms with Crippen molar-refractivity contribution < 1.29 is 4.79 Å². The van der Waals surface area contributed by atoms with Gasteiger partial charge in [-0.2, -0.15) is 0 Å². The van der Waals surface area contributed by atoms with E-state index in [2.05, 4.69) is 60.6 Å². The summed E-state index contributed by atoms with van der Waals surface area (Å²) in [7, 11) is 1.88. The molecule has 1 aliphatic heterocycles. The van der Waals surface area contributed by atoms with Crippen molar-refractivity contribution in [2.24, 2.45) is 0 Å². The Morgan fingerprint density at radius 3 is 2.59 bits per heavy atom. The Kier molecular flexibility index (Phi) is 8.00. The SMILES string of the molecule is CN/C(CN1CCCN(C2CCCc3ccccc32)CC1)=C(/Br)C(=O)Nc1ccccc1. The van der Waals surface area contributed by atoms with Gasteiger partial charge in [0.2, 0.25) is 0 Å². The van der Waals surface area contributed by atoms with Crippen LogP contribution in [0.1, 0.15) is 36.4 Å². The van der Waals surface area contributed by atoms with E-state index < -0.39 is 0 Å². The van der Waals surface area contributed by atoms with E-state index in [1.807, 2.05) is 37.4 Å². The molecule has 1 aliphatic carbocycles. The minimum absolute atomic E-state index is 0.129. The molecule has 4 rings (SSSR count). The highest BCUT2D eigenvalue weighted by Crippen LogP contribution is 2.34. The Bertz CT molecular complexity index is 946. The largest absolute Gasteiger partial charge is 0.389 e. The predicted molar refractivity (Wildman–Crippen MR) is 135 cm³/mol. The number of fused-ring (bicyclic) bond motifs is 1. The number of anilines is 1. The standard InChI is InChI=1S/C26H33BrN4O/c1-28-23(25(27)26(32)29-21-11-3-2-4-12-21)19-30-15-8-16-31(18-17-30)24-14-7-10-20-9-5-6-13-22(20)24/h2-6,9,11-13,24,28H,7-8,10,14-19H2,1H3,(H,29,32)/b25-23+. The third-order valence-electron chi connectivity index (χ3n) is 6.58. The van der Waals surface area contributed by atoms with E-state index >= 15 is 0 Å². The van der Waals surface area contributed by atoms with Gasteiger partial charge in [0, 0.05) is 50.7 Å². The first kappa shape index (κ1) is 23.0. The van der Waals surface area contributed by atoms with E-state index in [0.29, 0.717) is 10.5 Å². The van der Waals surface area contributed by atoms with Crippen LogP contribution in [0.5, 0.6) is 0 Å². The number of rotatable bonds is 6. The fraction of sp³-hybridized carbons (Fsp3) is 0.423. The van der Waals surface area contributed by atoms with Crippen LogP contribution < -0.4 is 10.6 Å². The zero-order valence-corrected chi connectivity index (χ0v) is 20.4. The summed E-state index contributed by atoms with van der Waals surface area (Å²) in [5.41, 5.74) is 4.76. The summed E-state index contributed by atoms with van der Waals surface area (Å²) in [6, 6.07) is 19.1. The van der Waals surface area contributed by atoms with Crippen LogP contribution in [0.2, 0.25) is 0 Å². The minimum atomic E-state index is -0.129. The van der Waals surface area contributed by atoms with Gasteiger partial charge in [-0.25, -0.2) is 0 Å². The number of halogens is 1. The van der Waals surface area contributed by atoms with Crippen molar-refractivity contribution in [1.29, 1.82) is 0 Å². The lowest BCUT2D eigenvalue weighted by molar-refractivity contribution is -0.112. The van der Waals surface area contributed by atoms with Crippen molar-refractivity contribution in [2.45, 2.75) is 31.7 Å². The molecule has 0 aromatic heterocycles. The fourth-order valence-electron chi connectivity index (χ4n) is 4.89. The van der Waals surface area contributed by atoms with Gasteiger partial charge in [0.05, 0.1) is 0 Å². The second-order valence-corrected chi connectivity index (χ2v) is 9.43. The summed E-state index contributed by atoms with van der Waals surface area (Å²) in [6.07, 6.45) is 4.88. The fourth-order valence-corrected chi connectivity index (χ4v) is 5.32. The molecule has 1 heterocycles. The number of benzene rings is 2. The number of aryl methyl sites for hydroxylation is 1. The molecule has 2 N–H and O–H groups in total. The molecule has 32 heavy (non-hydrogen) atoms. The lowest BCUT2D eigenvalue weighted by atomic mass is 9.87. The van der Waals surface area contributed by atoms with Gasteiger partial charge >= 0.3 is 0 Å². The van der Waals surface area contributed by atoms with Gasteiger partial charge in [0.1, 0.15) is 4.48 Å². The molecule has 1 fully saturated rings. The van der Waals surface area contributed by atoms with Gasteiger partial charge in [0.15, 0.2) is 0 Å². The number of likely N-dealkylation sites (N-methyl/N-ethyl adjacent to an activating group) is 1. The Labute approximate surface area is 200 Å². The number of hydrogen-bond donors (Lipinski definition) is 2. The molecule has 1 unspecified atom stereocenters. The molecule has 1 saturated heterocycles. The second kappa shape index (κ2) is 11.1. The molecule has 6 heteroatoms. The highest BCUT2D eigenvalue weighted by molar-refractivity contribution is 9.12. The maximum absolute atomic E-state index is 12.7. The normalized spacial score (nSPS) is 20.6. The van der Waals surface area contributed by atoms with Crippen LogP contribution in [-0.4, -0.2) is 55.5 Å². The molecule has 1 atom stereocenters. The van der Waals surface area contributed by atoms with Gasteiger partial charge in [-0.05, 0) is 71.4 Å². The molecule has 2 aromatic rings. The number of carbonyl (C=O) groups is 1. The van der Waals surface area contributed by atoms with Gasteiger partial charge < -0.3 is 10.6 Å². The summed E-state index contributed by atoms with van der Waals surface area (Å²) in [5.74, 6) is -0.129. The van der Waals surface area contributed by atoms with Crippen molar-refractivity contribution in [3.05, 3.63) is 75.9 Å². The summed E-state index contributed by atoms with van der Waals surface area (Å²) >= 11 is 3.53. The molecule has 0 radical (unpaired) electrons. The van der Waals surface area contributed by atoms with Crippen molar-refractivity contribution in [1.82, 2.24) is 15.1 Å². The highest BCUT2D eigenvalue weighted by Gasteiger charge is 2.27. The molecule has 0 bridgehead atoms. The Balaban J connectivity index is 1.39. The van der Waals surface area contributed by atoms with E-state index in [-0.39, 0.29) is 5.91 Å². The van der Waals surface area contributed by atoms with E-state index in [9.17, 15) is 4.79 Å². The first-order chi connectivity index (χ1) is 15.7. The summed E-state index contributed by atoms with van der Waals surface area (Å²) in [5, 5.41) is 6.20. The number of amides is 1. The molecule has 5 nitrogen and oxygen atoms in total. The first-order valence-electron chi connectivity index (χ1n) is 11.6. The van der Waals surface area contributed by atoms with Crippen LogP contribution >= 0.6 is 15.9 Å². The quantitative estimate of drug-likeness (QED) is 0.576. The second-order valence-electron chi connectivity index (χ2n) is 8.64. The number of hydrogen-bond acceptors (Lipinski definition) is 4. The van der Waals surface area contributed by atoms with Crippen molar-refractivity contribution in [2.75, 3.05) is 45.1 Å². The van der Waals surface area contributed by atoms with E-state index in [1.54, 1.807) is 0 Å². The lowest BCUT2D eigenvalue weighted by Crippen LogP contribution is -2.36. The van der Waals surface area contributed by atoms with Gasteiger partial charge in [-0.3, -0.25) is 14.6 Å². The maximum Gasteiger partial charge on any atom is 0.264 e.